The van der Waals surface area contributed by atoms with Crippen LogP contribution in [0, 0.1) is 6.92 Å². The fraction of sp³-hybridized carbons (Fsp3) is 0.455. The molecule has 0 amide bonds. The average Bonchev–Trinajstić information content (AvgIpc) is 2.73. The van der Waals surface area contributed by atoms with Crippen molar-refractivity contribution in [3.05, 3.63) is 23.8 Å². The molecule has 0 aromatic heterocycles. The molecule has 0 saturated carbocycles. The van der Waals surface area contributed by atoms with E-state index in [4.69, 9.17) is 14.7 Å². The number of hydrogen-bond acceptors (Lipinski definition) is 4. The first-order valence-corrected chi connectivity index (χ1v) is 5.55. The number of aryl methyl sites for hydroxylation is 1. The molecular formula is C11H16BNO3. The van der Waals surface area contributed by atoms with E-state index < -0.39 is 7.32 Å². The topological polar surface area (TPSA) is 52.9 Å². The van der Waals surface area contributed by atoms with Gasteiger partial charge in [-0.2, -0.15) is 0 Å². The van der Waals surface area contributed by atoms with Crippen LogP contribution in [0.4, 0.5) is 5.69 Å². The van der Waals surface area contributed by atoms with E-state index in [0.29, 0.717) is 5.75 Å². The zero-order chi connectivity index (χ0) is 11.5. The van der Waals surface area contributed by atoms with E-state index in [0.717, 1.165) is 24.3 Å². The predicted octanol–water partition coefficient (Wildman–Crippen LogP) is 0.944. The summed E-state index contributed by atoms with van der Waals surface area (Å²) in [7, 11) is -1.76. The van der Waals surface area contributed by atoms with E-state index in [9.17, 15) is 0 Å². The number of benzene rings is 1. The minimum absolute atomic E-state index is 0.527. The van der Waals surface area contributed by atoms with Crippen LogP contribution in [0.5, 0.6) is 5.75 Å². The summed E-state index contributed by atoms with van der Waals surface area (Å²) in [5, 5.41) is 17.6. The zero-order valence-electron chi connectivity index (χ0n) is 9.39. The first-order valence-electron chi connectivity index (χ1n) is 5.55. The highest BCUT2D eigenvalue weighted by Gasteiger charge is 2.16. The Morgan fingerprint density at radius 3 is 2.56 bits per heavy atom. The zero-order valence-corrected chi connectivity index (χ0v) is 9.39. The van der Waals surface area contributed by atoms with Gasteiger partial charge in [0.25, 0.3) is 0 Å². The lowest BCUT2D eigenvalue weighted by atomic mass is 10.1. The highest BCUT2D eigenvalue weighted by molar-refractivity contribution is 6.33. The first-order chi connectivity index (χ1) is 7.66. The molecule has 86 valence electrons. The van der Waals surface area contributed by atoms with Crippen LogP contribution in [-0.2, 0) is 0 Å². The molecule has 1 aromatic carbocycles. The number of anilines is 1. The summed E-state index contributed by atoms with van der Waals surface area (Å²) in [6.07, 6.45) is 2.43. The third-order valence-electron chi connectivity index (χ3n) is 2.88. The molecule has 2 N–H and O–H groups in total. The molecule has 0 aliphatic carbocycles. The summed E-state index contributed by atoms with van der Waals surface area (Å²) in [5.41, 5.74) is 1.98. The van der Waals surface area contributed by atoms with Crippen molar-refractivity contribution in [2.75, 3.05) is 18.0 Å². The molecular weight excluding hydrogens is 205 g/mol. The molecule has 0 spiro atoms. The summed E-state index contributed by atoms with van der Waals surface area (Å²) in [5.74, 6) is 0.527. The molecule has 0 atom stereocenters. The maximum atomic E-state index is 8.81. The molecule has 5 heteroatoms. The Bertz CT molecular complexity index is 364. The Balaban J connectivity index is 2.20. The quantitative estimate of drug-likeness (QED) is 0.746. The monoisotopic (exact) mass is 221 g/mol. The smallest absolute Gasteiger partial charge is 0.512 e. The molecule has 0 radical (unpaired) electrons. The molecule has 0 bridgehead atoms. The second-order valence-electron chi connectivity index (χ2n) is 4.09. The molecule has 1 saturated heterocycles. The Labute approximate surface area is 95.6 Å². The van der Waals surface area contributed by atoms with Crippen LogP contribution < -0.4 is 9.55 Å². The van der Waals surface area contributed by atoms with E-state index in [1.54, 1.807) is 0 Å². The van der Waals surface area contributed by atoms with Crippen molar-refractivity contribution in [3.8, 4) is 5.75 Å². The molecule has 1 aliphatic heterocycles. The molecule has 2 rings (SSSR count). The van der Waals surface area contributed by atoms with Gasteiger partial charge >= 0.3 is 7.32 Å². The van der Waals surface area contributed by atoms with Gasteiger partial charge in [0.05, 0.1) is 0 Å². The van der Waals surface area contributed by atoms with Gasteiger partial charge < -0.3 is 19.6 Å². The van der Waals surface area contributed by atoms with E-state index in [-0.39, 0.29) is 0 Å². The van der Waals surface area contributed by atoms with Crippen molar-refractivity contribution in [3.63, 3.8) is 0 Å². The maximum Gasteiger partial charge on any atom is 0.707 e. The van der Waals surface area contributed by atoms with E-state index in [1.807, 2.05) is 25.1 Å². The summed E-state index contributed by atoms with van der Waals surface area (Å²) >= 11 is 0. The lowest BCUT2D eigenvalue weighted by Gasteiger charge is -2.19. The predicted molar refractivity (Wildman–Crippen MR) is 63.4 cm³/mol. The summed E-state index contributed by atoms with van der Waals surface area (Å²) < 4.78 is 4.93. The van der Waals surface area contributed by atoms with Crippen LogP contribution in [0.1, 0.15) is 18.4 Å². The third kappa shape index (κ3) is 2.48. The van der Waals surface area contributed by atoms with Gasteiger partial charge in [0.15, 0.2) is 0 Å². The Morgan fingerprint density at radius 1 is 1.25 bits per heavy atom. The number of rotatable bonds is 3. The van der Waals surface area contributed by atoms with Crippen molar-refractivity contribution in [2.24, 2.45) is 0 Å². The average molecular weight is 221 g/mol. The summed E-state index contributed by atoms with van der Waals surface area (Å²) in [6, 6.07) is 5.84. The third-order valence-corrected chi connectivity index (χ3v) is 2.88. The molecule has 0 unspecified atom stereocenters. The van der Waals surface area contributed by atoms with Crippen LogP contribution in [0.15, 0.2) is 18.2 Å². The van der Waals surface area contributed by atoms with Crippen molar-refractivity contribution < 1.29 is 14.7 Å². The van der Waals surface area contributed by atoms with Crippen LogP contribution in [0.25, 0.3) is 0 Å². The van der Waals surface area contributed by atoms with Gasteiger partial charge in [-0.1, -0.05) is 6.07 Å². The molecule has 1 aromatic rings. The normalized spacial score (nSPS) is 15.3. The largest absolute Gasteiger partial charge is 0.707 e. The van der Waals surface area contributed by atoms with Crippen molar-refractivity contribution in [2.45, 2.75) is 19.8 Å². The minimum Gasteiger partial charge on any atom is -0.512 e. The number of hydrogen-bond donors (Lipinski definition) is 2. The lowest BCUT2D eigenvalue weighted by Crippen LogP contribution is -2.22. The van der Waals surface area contributed by atoms with Crippen LogP contribution in [-0.4, -0.2) is 30.5 Å². The fourth-order valence-corrected chi connectivity index (χ4v) is 2.00. The Morgan fingerprint density at radius 2 is 1.94 bits per heavy atom. The van der Waals surface area contributed by atoms with Crippen LogP contribution >= 0.6 is 0 Å². The van der Waals surface area contributed by atoms with Crippen molar-refractivity contribution >= 4 is 13.0 Å². The highest BCUT2D eigenvalue weighted by atomic mass is 16.6. The number of nitrogens with zero attached hydrogens (tertiary/aromatic N) is 1. The fourth-order valence-electron chi connectivity index (χ4n) is 2.00. The van der Waals surface area contributed by atoms with E-state index in [2.05, 4.69) is 4.90 Å². The Hall–Kier alpha value is -1.20. The molecule has 4 nitrogen and oxygen atoms in total. The molecule has 1 aliphatic rings. The van der Waals surface area contributed by atoms with Gasteiger partial charge in [0.1, 0.15) is 5.75 Å². The maximum absolute atomic E-state index is 8.81. The summed E-state index contributed by atoms with van der Waals surface area (Å²) in [6.45, 7) is 4.00. The van der Waals surface area contributed by atoms with Crippen molar-refractivity contribution in [1.29, 1.82) is 0 Å². The Kier molecular flexibility index (Phi) is 3.36. The molecule has 1 heterocycles. The molecule has 1 fully saturated rings. The van der Waals surface area contributed by atoms with Gasteiger partial charge in [-0.05, 0) is 31.4 Å². The first kappa shape index (κ1) is 11.3. The van der Waals surface area contributed by atoms with Gasteiger partial charge in [-0.3, -0.25) is 0 Å². The van der Waals surface area contributed by atoms with Crippen LogP contribution in [0.2, 0.25) is 0 Å². The lowest BCUT2D eigenvalue weighted by molar-refractivity contribution is 0.287. The second kappa shape index (κ2) is 4.76. The van der Waals surface area contributed by atoms with Gasteiger partial charge in [0, 0.05) is 24.8 Å². The standard InChI is InChI=1S/C11H16BNO3/c1-9-4-5-10(13-6-2-3-7-13)8-11(9)16-12(14)15/h4-5,8,14-15H,2-3,6-7H2,1H3. The van der Waals surface area contributed by atoms with E-state index >= 15 is 0 Å². The van der Waals surface area contributed by atoms with Gasteiger partial charge in [-0.15, -0.1) is 0 Å². The SMILES string of the molecule is Cc1ccc(N2CCCC2)cc1OB(O)O. The van der Waals surface area contributed by atoms with Gasteiger partial charge in [-0.25, -0.2) is 0 Å². The second-order valence-corrected chi connectivity index (χ2v) is 4.09. The summed E-state index contributed by atoms with van der Waals surface area (Å²) in [4.78, 5) is 2.27. The van der Waals surface area contributed by atoms with Crippen molar-refractivity contribution in [1.82, 2.24) is 0 Å². The molecule has 16 heavy (non-hydrogen) atoms. The van der Waals surface area contributed by atoms with E-state index in [1.165, 1.54) is 12.8 Å². The van der Waals surface area contributed by atoms with Gasteiger partial charge in [0.2, 0.25) is 0 Å². The van der Waals surface area contributed by atoms with Crippen LogP contribution in [0.3, 0.4) is 0 Å². The minimum atomic E-state index is -1.76. The highest BCUT2D eigenvalue weighted by Crippen LogP contribution is 2.27.